The molecule has 0 saturated carbocycles. The molecule has 10 N–H and O–H groups in total. The number of carbonyl (C=O) groups is 6. The minimum Gasteiger partial charge on any atom is -0.481 e. The highest BCUT2D eigenvalue weighted by Crippen LogP contribution is 2.35. The van der Waals surface area contributed by atoms with Crippen LogP contribution >= 0.6 is 11.3 Å². The van der Waals surface area contributed by atoms with Crippen molar-refractivity contribution in [3.05, 3.63) is 75.7 Å². The monoisotopic (exact) mass is 1100 g/mol. The molecule has 3 aromatic rings. The summed E-state index contributed by atoms with van der Waals surface area (Å²) >= 11 is 1.28. The number of nitrogens with one attached hydrogen (secondary N) is 3. The molecule has 2 aliphatic rings. The standard InChI is InChI=1S/C55H81N7O14S/c1-9-24-74-42(51-59-38(30-77-51)49(67)57-36(25-33(6)53(70)71)26-34-16-12-11-13-17-34)28-39(31(3)4)61(7)52(69)44(32(5)10-2)60-50(68)40-18-14-15-23-62(40,8)29-35-19-20-41(37(27-35)58-43(63)21-22-56)75-55-47(66)45(64)46(65)48(76-55)54(72)73/h11-13,16-17,19-20,27,30-33,36,39-40,42,44-48,55,64-66H,9-10,14-15,18,21-26,28-29,56H2,1-8H3,(H4-,57,58,60,63,67,68,70,71,72,73)/p+1/t32-,33-,36+,39+,40+,42+,44-,45-,46-,47+,48-,55+,62?/m0/s1. The summed E-state index contributed by atoms with van der Waals surface area (Å²) in [6.07, 6.45) is -5.55. The summed E-state index contributed by atoms with van der Waals surface area (Å²) in [6.45, 7) is 12.9. The zero-order chi connectivity index (χ0) is 56.7. The van der Waals surface area contributed by atoms with E-state index in [1.807, 2.05) is 72.0 Å². The van der Waals surface area contributed by atoms with Gasteiger partial charge in [0.1, 0.15) is 53.5 Å². The van der Waals surface area contributed by atoms with E-state index >= 15 is 0 Å². The fourth-order valence-electron chi connectivity index (χ4n) is 10.1. The number of piperidine rings is 1. The number of benzene rings is 2. The number of aliphatic hydroxyl groups excluding tert-OH is 3. The first-order valence-corrected chi connectivity index (χ1v) is 27.7. The largest absolute Gasteiger partial charge is 0.481 e. The van der Waals surface area contributed by atoms with Crippen LogP contribution < -0.4 is 26.4 Å². The maximum absolute atomic E-state index is 14.9. The van der Waals surface area contributed by atoms with Crippen LogP contribution in [0, 0.1) is 17.8 Å². The molecule has 77 heavy (non-hydrogen) atoms. The van der Waals surface area contributed by atoms with E-state index in [4.69, 9.17) is 24.9 Å². The number of aliphatic hydroxyl groups is 3. The maximum Gasteiger partial charge on any atom is 0.335 e. The van der Waals surface area contributed by atoms with E-state index in [0.29, 0.717) is 62.4 Å². The second-order valence-corrected chi connectivity index (χ2v) is 22.2. The van der Waals surface area contributed by atoms with Gasteiger partial charge in [-0.05, 0) is 67.7 Å². The molecule has 5 rings (SSSR count). The van der Waals surface area contributed by atoms with Crippen molar-refractivity contribution in [2.24, 2.45) is 23.5 Å². The number of hydrogen-bond donors (Lipinski definition) is 9. The molecular weight excluding hydrogens is 1010 g/mol. The topological polar surface area (TPSA) is 310 Å². The van der Waals surface area contributed by atoms with E-state index in [-0.39, 0.29) is 70.7 Å². The van der Waals surface area contributed by atoms with Gasteiger partial charge in [-0.1, -0.05) is 78.3 Å². The summed E-state index contributed by atoms with van der Waals surface area (Å²) in [7, 11) is 3.71. The number of amides is 4. The summed E-state index contributed by atoms with van der Waals surface area (Å²) in [5, 5.41) is 61.8. The van der Waals surface area contributed by atoms with Crippen molar-refractivity contribution in [3.8, 4) is 5.75 Å². The highest BCUT2D eigenvalue weighted by Gasteiger charge is 2.49. The molecule has 3 heterocycles. The number of thiazole rings is 1. The molecular formula is C55H82N7O14S+. The molecule has 4 amide bonds. The molecule has 0 radical (unpaired) electrons. The SMILES string of the molecule is CCCO[C@H](C[C@H](C(C)C)N(C)C(=O)[C@@H](NC(=O)[C@H]1CCCC[N+]1(C)Cc1ccc(O[C@@H]2O[C@H](C(=O)O)[C@@H](O)[C@H](O)[C@H]2O)c(NC(=O)CCN)c1)[C@@H](C)CC)c1nc(C(=O)N[C@@H](Cc2ccccc2)C[C@H](C)C(=O)O)cs1. The molecule has 426 valence electrons. The Hall–Kier alpha value is -5.59. The molecule has 1 unspecified atom stereocenters. The number of aromatic nitrogens is 1. The van der Waals surface area contributed by atoms with Crippen molar-refractivity contribution in [2.75, 3.05) is 39.1 Å². The van der Waals surface area contributed by atoms with E-state index < -0.39 is 84.6 Å². The van der Waals surface area contributed by atoms with Gasteiger partial charge in [0.15, 0.2) is 12.1 Å². The Morgan fingerprint density at radius 2 is 1.65 bits per heavy atom. The highest BCUT2D eigenvalue weighted by atomic mass is 32.1. The molecule has 1 aromatic heterocycles. The number of ether oxygens (including phenoxy) is 3. The van der Waals surface area contributed by atoms with Gasteiger partial charge >= 0.3 is 11.9 Å². The molecule has 2 fully saturated rings. The molecule has 0 spiro atoms. The quantitative estimate of drug-likeness (QED) is 0.0460. The minimum atomic E-state index is -1.93. The zero-order valence-electron chi connectivity index (χ0n) is 45.6. The van der Waals surface area contributed by atoms with Gasteiger partial charge in [-0.25, -0.2) is 9.78 Å². The number of nitrogens with zero attached hydrogens (tertiary/aromatic N) is 3. The lowest BCUT2D eigenvalue weighted by atomic mass is 9.92. The molecule has 22 heteroatoms. The van der Waals surface area contributed by atoms with Crippen LogP contribution in [0.5, 0.6) is 5.75 Å². The van der Waals surface area contributed by atoms with Crippen molar-refractivity contribution >= 4 is 52.6 Å². The van der Waals surface area contributed by atoms with Crippen LogP contribution in [0.2, 0.25) is 0 Å². The first kappa shape index (κ1) is 62.3. The Balaban J connectivity index is 1.34. The number of carbonyl (C=O) groups excluding carboxylic acids is 4. The Morgan fingerprint density at radius 3 is 2.29 bits per heavy atom. The van der Waals surface area contributed by atoms with Crippen molar-refractivity contribution in [1.29, 1.82) is 0 Å². The average Bonchev–Trinajstić information content (AvgIpc) is 3.89. The van der Waals surface area contributed by atoms with Crippen LogP contribution in [0.1, 0.15) is 126 Å². The number of nitrogens with two attached hydrogens (primary N) is 1. The van der Waals surface area contributed by atoms with E-state index in [1.54, 1.807) is 36.4 Å². The summed E-state index contributed by atoms with van der Waals surface area (Å²) in [5.74, 6) is -5.01. The van der Waals surface area contributed by atoms with Gasteiger partial charge in [-0.2, -0.15) is 0 Å². The lowest BCUT2D eigenvalue weighted by Gasteiger charge is -2.44. The summed E-state index contributed by atoms with van der Waals surface area (Å²) in [5.41, 5.74) is 7.62. The van der Waals surface area contributed by atoms with E-state index in [9.17, 15) is 54.3 Å². The molecule has 2 aliphatic heterocycles. The number of quaternary nitrogens is 1. The fourth-order valence-corrected chi connectivity index (χ4v) is 11.0. The van der Waals surface area contributed by atoms with Gasteiger partial charge in [0.05, 0.1) is 25.2 Å². The second kappa shape index (κ2) is 28.9. The van der Waals surface area contributed by atoms with Crippen LogP contribution in [0.25, 0.3) is 0 Å². The van der Waals surface area contributed by atoms with Gasteiger partial charge in [-0.15, -0.1) is 11.3 Å². The Kier molecular flexibility index (Phi) is 23.3. The van der Waals surface area contributed by atoms with Gasteiger partial charge in [-0.3, -0.25) is 24.0 Å². The van der Waals surface area contributed by atoms with Crippen LogP contribution in [0.3, 0.4) is 0 Å². The number of likely N-dealkylation sites (tertiary alicyclic amines) is 1. The lowest BCUT2D eigenvalue weighted by Crippen LogP contribution is -2.63. The smallest absolute Gasteiger partial charge is 0.335 e. The van der Waals surface area contributed by atoms with Crippen molar-refractivity contribution in [2.45, 2.75) is 167 Å². The van der Waals surface area contributed by atoms with E-state index in [2.05, 4.69) is 16.0 Å². The summed E-state index contributed by atoms with van der Waals surface area (Å²) in [4.78, 5) is 86.4. The van der Waals surface area contributed by atoms with Crippen molar-refractivity contribution in [3.63, 3.8) is 0 Å². The predicted octanol–water partition coefficient (Wildman–Crippen LogP) is 4.22. The predicted molar refractivity (Wildman–Crippen MR) is 287 cm³/mol. The van der Waals surface area contributed by atoms with Crippen LogP contribution in [-0.2, 0) is 46.4 Å². The summed E-state index contributed by atoms with van der Waals surface area (Å²) in [6, 6.07) is 12.1. The highest BCUT2D eigenvalue weighted by molar-refractivity contribution is 7.09. The average molecular weight is 1100 g/mol. The van der Waals surface area contributed by atoms with Gasteiger partial charge in [0.25, 0.3) is 11.8 Å². The maximum atomic E-state index is 14.9. The van der Waals surface area contributed by atoms with Gasteiger partial charge < -0.3 is 70.8 Å². The third kappa shape index (κ3) is 16.7. The van der Waals surface area contributed by atoms with Gasteiger partial charge in [0, 0.05) is 62.5 Å². The first-order valence-electron chi connectivity index (χ1n) is 26.8. The van der Waals surface area contributed by atoms with Crippen LogP contribution in [0.15, 0.2) is 53.9 Å². The number of hydrogen-bond acceptors (Lipinski definition) is 15. The second-order valence-electron chi connectivity index (χ2n) is 21.3. The Labute approximate surface area is 455 Å². The van der Waals surface area contributed by atoms with Crippen molar-refractivity contribution < 1.29 is 73.0 Å². The zero-order valence-corrected chi connectivity index (χ0v) is 46.4. The summed E-state index contributed by atoms with van der Waals surface area (Å²) < 4.78 is 17.9. The number of aliphatic carboxylic acids is 2. The van der Waals surface area contributed by atoms with E-state index in [0.717, 1.165) is 18.4 Å². The number of anilines is 1. The lowest BCUT2D eigenvalue weighted by molar-refractivity contribution is -0.942. The minimum absolute atomic E-state index is 0.0263. The molecule has 0 aliphatic carbocycles. The third-order valence-electron chi connectivity index (χ3n) is 14.9. The van der Waals surface area contributed by atoms with Crippen molar-refractivity contribution in [1.82, 2.24) is 20.5 Å². The molecule has 2 saturated heterocycles. The number of rotatable bonds is 28. The molecule has 2 aromatic carbocycles. The first-order chi connectivity index (χ1) is 36.5. The van der Waals surface area contributed by atoms with E-state index in [1.165, 1.54) is 17.4 Å². The van der Waals surface area contributed by atoms with Crippen LogP contribution in [-0.4, -0.2) is 164 Å². The molecule has 21 nitrogen and oxygen atoms in total. The molecule has 13 atom stereocenters. The third-order valence-corrected chi connectivity index (χ3v) is 15.8. The normalized spacial score (nSPS) is 23.9. The number of likely N-dealkylation sites (N-methyl/N-ethyl adjacent to an activating group) is 2. The fraction of sp³-hybridized carbons (Fsp3) is 0.618. The van der Waals surface area contributed by atoms with Gasteiger partial charge in [0.2, 0.25) is 18.1 Å². The number of carboxylic acids is 2. The van der Waals surface area contributed by atoms with Crippen LogP contribution in [0.4, 0.5) is 5.69 Å². The number of carboxylic acid groups (broad SMARTS) is 2. The Bertz CT molecular complexity index is 2450. The molecule has 0 bridgehead atoms. The Morgan fingerprint density at radius 1 is 0.935 bits per heavy atom.